The first kappa shape index (κ1) is 20.3. The van der Waals surface area contributed by atoms with Gasteiger partial charge in [0.25, 0.3) is 5.91 Å². The van der Waals surface area contributed by atoms with Crippen molar-refractivity contribution in [3.63, 3.8) is 0 Å². The number of benzene rings is 1. The zero-order chi connectivity index (χ0) is 16.8. The second kappa shape index (κ2) is 9.56. The van der Waals surface area contributed by atoms with Crippen molar-refractivity contribution < 1.29 is 19.0 Å². The minimum Gasteiger partial charge on any atom is -0.493 e. The molecule has 0 radical (unpaired) electrons. The van der Waals surface area contributed by atoms with Crippen molar-refractivity contribution in [1.82, 2.24) is 9.80 Å². The monoisotopic (exact) mass is 359 g/mol. The van der Waals surface area contributed by atoms with E-state index in [9.17, 15) is 4.79 Å². The molecule has 7 nitrogen and oxygen atoms in total. The summed E-state index contributed by atoms with van der Waals surface area (Å²) in [6.07, 6.45) is 0. The van der Waals surface area contributed by atoms with E-state index in [4.69, 9.17) is 19.9 Å². The number of carbonyl (C=O) groups is 1. The summed E-state index contributed by atoms with van der Waals surface area (Å²) in [4.78, 5) is 16.9. The molecular formula is C16H26ClN3O4. The number of ether oxygens (including phenoxy) is 3. The molecule has 0 atom stereocenters. The van der Waals surface area contributed by atoms with Crippen molar-refractivity contribution in [1.29, 1.82) is 0 Å². The van der Waals surface area contributed by atoms with Gasteiger partial charge in [0.2, 0.25) is 5.75 Å². The van der Waals surface area contributed by atoms with Crippen molar-refractivity contribution in [2.75, 3.05) is 60.6 Å². The molecule has 0 aliphatic carbocycles. The highest BCUT2D eigenvalue weighted by Crippen LogP contribution is 2.40. The van der Waals surface area contributed by atoms with E-state index in [2.05, 4.69) is 4.90 Å². The van der Waals surface area contributed by atoms with E-state index >= 15 is 0 Å². The van der Waals surface area contributed by atoms with Gasteiger partial charge in [0.1, 0.15) is 0 Å². The predicted molar refractivity (Wildman–Crippen MR) is 94.7 cm³/mol. The third-order valence-electron chi connectivity index (χ3n) is 4.04. The molecule has 8 heteroatoms. The van der Waals surface area contributed by atoms with E-state index in [1.807, 2.05) is 4.90 Å². The maximum atomic E-state index is 12.8. The summed E-state index contributed by atoms with van der Waals surface area (Å²) in [6.45, 7) is 4.52. The van der Waals surface area contributed by atoms with Crippen molar-refractivity contribution in [3.05, 3.63) is 17.7 Å². The third-order valence-corrected chi connectivity index (χ3v) is 4.04. The highest BCUT2D eigenvalue weighted by atomic mass is 35.5. The van der Waals surface area contributed by atoms with Gasteiger partial charge in [0.15, 0.2) is 11.5 Å². The Morgan fingerprint density at radius 1 is 1.04 bits per heavy atom. The molecule has 1 fully saturated rings. The number of hydrogen-bond donors (Lipinski definition) is 1. The quantitative estimate of drug-likeness (QED) is 0.811. The van der Waals surface area contributed by atoms with Crippen LogP contribution in [0.5, 0.6) is 17.2 Å². The van der Waals surface area contributed by atoms with Crippen LogP contribution in [0.15, 0.2) is 12.1 Å². The van der Waals surface area contributed by atoms with E-state index in [-0.39, 0.29) is 18.3 Å². The van der Waals surface area contributed by atoms with Gasteiger partial charge in [-0.3, -0.25) is 9.69 Å². The molecule has 0 aromatic heterocycles. The molecule has 136 valence electrons. The molecule has 1 aromatic carbocycles. The van der Waals surface area contributed by atoms with Crippen LogP contribution < -0.4 is 19.9 Å². The van der Waals surface area contributed by atoms with Crippen LogP contribution in [0.4, 0.5) is 0 Å². The largest absolute Gasteiger partial charge is 0.493 e. The molecule has 2 N–H and O–H groups in total. The fraction of sp³-hybridized carbons (Fsp3) is 0.562. The highest BCUT2D eigenvalue weighted by molar-refractivity contribution is 5.98. The minimum atomic E-state index is -0.0600. The Labute approximate surface area is 149 Å². The van der Waals surface area contributed by atoms with Crippen molar-refractivity contribution in [2.24, 2.45) is 5.73 Å². The van der Waals surface area contributed by atoms with Crippen LogP contribution in [0.3, 0.4) is 0 Å². The van der Waals surface area contributed by atoms with Crippen LogP contribution in [0.1, 0.15) is 10.4 Å². The SMILES string of the molecule is COc1ccc(C(=O)N2CCN(CCN)CC2)c(OC)c1OC.Cl. The summed E-state index contributed by atoms with van der Waals surface area (Å²) in [6, 6.07) is 3.44. The second-order valence-electron chi connectivity index (χ2n) is 5.30. The molecule has 0 spiro atoms. The maximum absolute atomic E-state index is 12.8. The minimum absolute atomic E-state index is 0. The van der Waals surface area contributed by atoms with Gasteiger partial charge in [0, 0.05) is 39.3 Å². The lowest BCUT2D eigenvalue weighted by atomic mass is 10.1. The molecule has 1 saturated heterocycles. The summed E-state index contributed by atoms with van der Waals surface area (Å²) in [5.74, 6) is 1.31. The van der Waals surface area contributed by atoms with Crippen LogP contribution in [-0.2, 0) is 0 Å². The van der Waals surface area contributed by atoms with Crippen molar-refractivity contribution >= 4 is 18.3 Å². The number of hydrogen-bond acceptors (Lipinski definition) is 6. The Morgan fingerprint density at radius 3 is 2.17 bits per heavy atom. The lowest BCUT2D eigenvalue weighted by Crippen LogP contribution is -2.49. The van der Waals surface area contributed by atoms with E-state index in [1.54, 1.807) is 19.2 Å². The summed E-state index contributed by atoms with van der Waals surface area (Å²) in [5.41, 5.74) is 6.06. The molecule has 24 heavy (non-hydrogen) atoms. The molecule has 0 saturated carbocycles. The molecule has 1 aromatic rings. The first-order valence-electron chi connectivity index (χ1n) is 7.66. The lowest BCUT2D eigenvalue weighted by Gasteiger charge is -2.34. The van der Waals surface area contributed by atoms with E-state index in [0.29, 0.717) is 42.4 Å². The number of piperazine rings is 1. The number of methoxy groups -OCH3 is 3. The summed E-state index contributed by atoms with van der Waals surface area (Å²) in [5, 5.41) is 0. The Hall–Kier alpha value is -1.70. The number of amides is 1. The zero-order valence-electron chi connectivity index (χ0n) is 14.4. The number of rotatable bonds is 6. The summed E-state index contributed by atoms with van der Waals surface area (Å²) < 4.78 is 16.0. The van der Waals surface area contributed by atoms with Gasteiger partial charge in [-0.2, -0.15) is 0 Å². The van der Waals surface area contributed by atoms with Gasteiger partial charge in [-0.1, -0.05) is 0 Å². The van der Waals surface area contributed by atoms with Crippen LogP contribution in [0.2, 0.25) is 0 Å². The van der Waals surface area contributed by atoms with Crippen molar-refractivity contribution in [2.45, 2.75) is 0 Å². The molecular weight excluding hydrogens is 334 g/mol. The third kappa shape index (κ3) is 4.23. The number of nitrogens with zero attached hydrogens (tertiary/aromatic N) is 2. The number of nitrogens with two attached hydrogens (primary N) is 1. The van der Waals surface area contributed by atoms with Gasteiger partial charge in [-0.25, -0.2) is 0 Å². The van der Waals surface area contributed by atoms with Crippen LogP contribution >= 0.6 is 12.4 Å². The highest BCUT2D eigenvalue weighted by Gasteiger charge is 2.26. The van der Waals surface area contributed by atoms with Gasteiger partial charge in [0.05, 0.1) is 26.9 Å². The fourth-order valence-corrected chi connectivity index (χ4v) is 2.80. The van der Waals surface area contributed by atoms with Crippen LogP contribution in [0, 0.1) is 0 Å². The lowest BCUT2D eigenvalue weighted by molar-refractivity contribution is 0.0637. The topological polar surface area (TPSA) is 77.3 Å². The van der Waals surface area contributed by atoms with E-state index < -0.39 is 0 Å². The molecule has 1 heterocycles. The molecule has 2 rings (SSSR count). The first-order chi connectivity index (χ1) is 11.2. The first-order valence-corrected chi connectivity index (χ1v) is 7.66. The smallest absolute Gasteiger partial charge is 0.257 e. The molecule has 1 aliphatic heterocycles. The van der Waals surface area contributed by atoms with Crippen LogP contribution in [0.25, 0.3) is 0 Å². The average Bonchev–Trinajstić information content (AvgIpc) is 2.60. The molecule has 0 unspecified atom stereocenters. The molecule has 1 aliphatic rings. The summed E-state index contributed by atoms with van der Waals surface area (Å²) in [7, 11) is 4.60. The Morgan fingerprint density at radius 2 is 1.67 bits per heavy atom. The number of halogens is 1. The van der Waals surface area contributed by atoms with Gasteiger partial charge >= 0.3 is 0 Å². The maximum Gasteiger partial charge on any atom is 0.257 e. The van der Waals surface area contributed by atoms with Gasteiger partial charge < -0.3 is 24.8 Å². The Bertz CT molecular complexity index is 548. The normalized spacial score (nSPS) is 14.8. The molecule has 0 bridgehead atoms. The van der Waals surface area contributed by atoms with Gasteiger partial charge in [-0.15, -0.1) is 12.4 Å². The summed E-state index contributed by atoms with van der Waals surface area (Å²) >= 11 is 0. The second-order valence-corrected chi connectivity index (χ2v) is 5.30. The Kier molecular flexibility index (Phi) is 8.10. The molecule has 1 amide bonds. The van der Waals surface area contributed by atoms with Crippen LogP contribution in [-0.4, -0.2) is 76.3 Å². The van der Waals surface area contributed by atoms with E-state index in [1.165, 1.54) is 14.2 Å². The van der Waals surface area contributed by atoms with Gasteiger partial charge in [-0.05, 0) is 12.1 Å². The number of carbonyl (C=O) groups excluding carboxylic acids is 1. The zero-order valence-corrected chi connectivity index (χ0v) is 15.2. The average molecular weight is 360 g/mol. The Balaban J connectivity index is 0.00000288. The van der Waals surface area contributed by atoms with Crippen molar-refractivity contribution in [3.8, 4) is 17.2 Å². The van der Waals surface area contributed by atoms with E-state index in [0.717, 1.165) is 19.6 Å². The fourth-order valence-electron chi connectivity index (χ4n) is 2.80. The standard InChI is InChI=1S/C16H25N3O4.ClH/c1-21-13-5-4-12(14(22-2)15(13)23-3)16(20)19-10-8-18(7-6-17)9-11-19;/h4-5H,6-11,17H2,1-3H3;1H. The predicted octanol–water partition coefficient (Wildman–Crippen LogP) is 0.851.